The number of aliphatic imine (C=N–C) groups is 1. The number of rotatable bonds is 1. The number of nitrogens with zero attached hydrogens (tertiary/aromatic N) is 2. The zero-order valence-corrected chi connectivity index (χ0v) is 6.47. The fraction of sp³-hybridized carbons (Fsp3) is 0.833. The Kier molecular flexibility index (Phi) is 12.7. The van der Waals surface area contributed by atoms with Gasteiger partial charge in [0.1, 0.15) is 0 Å². The molecule has 0 rings (SSSR count). The summed E-state index contributed by atoms with van der Waals surface area (Å²) in [6.07, 6.45) is 1.75. The van der Waals surface area contributed by atoms with Crippen LogP contribution in [-0.4, -0.2) is 32.4 Å². The molecule has 2 nitrogen and oxygen atoms in total. The molecule has 0 radical (unpaired) electrons. The second-order valence-electron chi connectivity index (χ2n) is 1.34. The second-order valence-corrected chi connectivity index (χ2v) is 1.34. The standard InChI is InChI=1S/C4H10N2.C2H6/c1-5-4-6(2)3;1-2/h4H,1-3H3;1-2H3. The van der Waals surface area contributed by atoms with Crippen molar-refractivity contribution in [3.8, 4) is 0 Å². The highest BCUT2D eigenvalue weighted by Crippen LogP contribution is 1.59. The van der Waals surface area contributed by atoms with E-state index >= 15 is 0 Å². The summed E-state index contributed by atoms with van der Waals surface area (Å²) in [6.45, 7) is 4.00. The quantitative estimate of drug-likeness (QED) is 0.371. The van der Waals surface area contributed by atoms with Gasteiger partial charge in [0.15, 0.2) is 0 Å². The Balaban J connectivity index is 0. The molecule has 2 heteroatoms. The molecule has 50 valence electrons. The summed E-state index contributed by atoms with van der Waals surface area (Å²) in [5.41, 5.74) is 0. The van der Waals surface area contributed by atoms with Crippen LogP contribution in [0.15, 0.2) is 4.99 Å². The zero-order chi connectivity index (χ0) is 6.99. The van der Waals surface area contributed by atoms with Gasteiger partial charge < -0.3 is 4.90 Å². The van der Waals surface area contributed by atoms with E-state index in [4.69, 9.17) is 0 Å². The summed E-state index contributed by atoms with van der Waals surface area (Å²) in [5, 5.41) is 0. The zero-order valence-electron chi connectivity index (χ0n) is 6.47. The van der Waals surface area contributed by atoms with Gasteiger partial charge in [-0.2, -0.15) is 0 Å². The Bertz CT molecular complexity index is 48.5. The van der Waals surface area contributed by atoms with E-state index in [0.29, 0.717) is 0 Å². The molecule has 0 saturated carbocycles. The molecular weight excluding hydrogens is 100 g/mol. The molecule has 0 aromatic carbocycles. The largest absolute Gasteiger partial charge is 0.369 e. The van der Waals surface area contributed by atoms with Crippen molar-refractivity contribution in [2.24, 2.45) is 4.99 Å². The number of hydrogen-bond donors (Lipinski definition) is 0. The lowest BCUT2D eigenvalue weighted by Crippen LogP contribution is -2.06. The van der Waals surface area contributed by atoms with E-state index < -0.39 is 0 Å². The molecule has 0 aromatic rings. The first kappa shape index (κ1) is 10.5. The summed E-state index contributed by atoms with van der Waals surface area (Å²) in [4.78, 5) is 5.62. The second kappa shape index (κ2) is 9.69. The normalized spacial score (nSPS) is 8.12. The van der Waals surface area contributed by atoms with Crippen molar-refractivity contribution in [3.05, 3.63) is 0 Å². The third-order valence-electron chi connectivity index (χ3n) is 0.346. The average Bonchev–Trinajstić information content (AvgIpc) is 1.72. The maximum Gasteiger partial charge on any atom is 0.0841 e. The monoisotopic (exact) mass is 116 g/mol. The molecule has 0 fully saturated rings. The van der Waals surface area contributed by atoms with Crippen LogP contribution in [0, 0.1) is 0 Å². The summed E-state index contributed by atoms with van der Waals surface area (Å²) in [5.74, 6) is 0. The Morgan fingerprint density at radius 2 is 1.62 bits per heavy atom. The average molecular weight is 116 g/mol. The van der Waals surface area contributed by atoms with Gasteiger partial charge in [0.25, 0.3) is 0 Å². The van der Waals surface area contributed by atoms with Crippen LogP contribution in [0.25, 0.3) is 0 Å². The van der Waals surface area contributed by atoms with E-state index in [1.165, 1.54) is 0 Å². The fourth-order valence-electron chi connectivity index (χ4n) is 0.231. The minimum Gasteiger partial charge on any atom is -0.369 e. The van der Waals surface area contributed by atoms with Gasteiger partial charge in [-0.3, -0.25) is 4.99 Å². The number of hydrogen-bond acceptors (Lipinski definition) is 1. The topological polar surface area (TPSA) is 15.6 Å². The first-order valence-corrected chi connectivity index (χ1v) is 2.86. The fourth-order valence-corrected chi connectivity index (χ4v) is 0.231. The molecule has 0 aliphatic carbocycles. The smallest absolute Gasteiger partial charge is 0.0841 e. The maximum atomic E-state index is 3.74. The summed E-state index contributed by atoms with van der Waals surface area (Å²) < 4.78 is 0. The highest BCUT2D eigenvalue weighted by molar-refractivity contribution is 5.53. The van der Waals surface area contributed by atoms with Crippen molar-refractivity contribution < 1.29 is 0 Å². The van der Waals surface area contributed by atoms with Gasteiger partial charge in [0, 0.05) is 21.1 Å². The van der Waals surface area contributed by atoms with Crippen LogP contribution in [0.5, 0.6) is 0 Å². The minimum atomic E-state index is 1.75. The molecule has 0 saturated heterocycles. The molecule has 0 unspecified atom stereocenters. The van der Waals surface area contributed by atoms with Gasteiger partial charge in [-0.1, -0.05) is 13.8 Å². The molecule has 0 spiro atoms. The van der Waals surface area contributed by atoms with Crippen LogP contribution in [0.3, 0.4) is 0 Å². The predicted octanol–water partition coefficient (Wildman–Crippen LogP) is 1.23. The van der Waals surface area contributed by atoms with Crippen LogP contribution < -0.4 is 0 Å². The van der Waals surface area contributed by atoms with Gasteiger partial charge in [0.2, 0.25) is 0 Å². The molecular formula is C6H16N2. The highest BCUT2D eigenvalue weighted by Gasteiger charge is 1.67. The van der Waals surface area contributed by atoms with Crippen molar-refractivity contribution in [2.75, 3.05) is 21.1 Å². The SMILES string of the molecule is CC.CN=CN(C)C. The first-order chi connectivity index (χ1) is 3.77. The van der Waals surface area contributed by atoms with Crippen LogP contribution in [0.2, 0.25) is 0 Å². The summed E-state index contributed by atoms with van der Waals surface area (Å²) >= 11 is 0. The van der Waals surface area contributed by atoms with E-state index in [2.05, 4.69) is 4.99 Å². The van der Waals surface area contributed by atoms with Gasteiger partial charge in [-0.05, 0) is 0 Å². The van der Waals surface area contributed by atoms with Crippen molar-refractivity contribution in [1.82, 2.24) is 4.90 Å². The lowest BCUT2D eigenvalue weighted by molar-refractivity contribution is 0.642. The van der Waals surface area contributed by atoms with E-state index in [-0.39, 0.29) is 0 Å². The van der Waals surface area contributed by atoms with E-state index in [1.54, 1.807) is 13.4 Å². The Morgan fingerprint density at radius 3 is 1.62 bits per heavy atom. The predicted molar refractivity (Wildman–Crippen MR) is 39.5 cm³/mol. The van der Waals surface area contributed by atoms with Crippen LogP contribution in [0.4, 0.5) is 0 Å². The van der Waals surface area contributed by atoms with Crippen molar-refractivity contribution in [1.29, 1.82) is 0 Å². The van der Waals surface area contributed by atoms with Crippen molar-refractivity contribution >= 4 is 6.34 Å². The van der Waals surface area contributed by atoms with Crippen LogP contribution in [-0.2, 0) is 0 Å². The van der Waals surface area contributed by atoms with Crippen LogP contribution >= 0.6 is 0 Å². The van der Waals surface area contributed by atoms with Gasteiger partial charge in [0.05, 0.1) is 6.34 Å². The molecule has 0 atom stereocenters. The van der Waals surface area contributed by atoms with Crippen molar-refractivity contribution in [3.63, 3.8) is 0 Å². The Morgan fingerprint density at radius 1 is 1.25 bits per heavy atom. The highest BCUT2D eigenvalue weighted by atomic mass is 15.1. The summed E-state index contributed by atoms with van der Waals surface area (Å²) in [6, 6.07) is 0. The molecule has 0 aromatic heterocycles. The summed E-state index contributed by atoms with van der Waals surface area (Å²) in [7, 11) is 5.62. The van der Waals surface area contributed by atoms with E-state index in [0.717, 1.165) is 0 Å². The van der Waals surface area contributed by atoms with Crippen LogP contribution in [0.1, 0.15) is 13.8 Å². The molecule has 0 bridgehead atoms. The van der Waals surface area contributed by atoms with E-state index in [9.17, 15) is 0 Å². The Labute approximate surface area is 52.2 Å². The van der Waals surface area contributed by atoms with Gasteiger partial charge in [-0.15, -0.1) is 0 Å². The Hall–Kier alpha value is -0.530. The lowest BCUT2D eigenvalue weighted by Gasteiger charge is -1.98. The molecule has 0 heterocycles. The first-order valence-electron chi connectivity index (χ1n) is 2.86. The molecule has 8 heavy (non-hydrogen) atoms. The molecule has 0 aliphatic heterocycles. The third-order valence-corrected chi connectivity index (χ3v) is 0.346. The minimum absolute atomic E-state index is 1.75. The molecule has 0 aliphatic rings. The maximum absolute atomic E-state index is 3.74. The van der Waals surface area contributed by atoms with Gasteiger partial charge in [-0.25, -0.2) is 0 Å². The van der Waals surface area contributed by atoms with E-state index in [1.807, 2.05) is 32.8 Å². The third kappa shape index (κ3) is 17.9. The van der Waals surface area contributed by atoms with Crippen molar-refractivity contribution in [2.45, 2.75) is 13.8 Å². The molecule has 0 amide bonds. The lowest BCUT2D eigenvalue weighted by atomic mass is 10.9. The molecule has 0 N–H and O–H groups in total. The van der Waals surface area contributed by atoms with Gasteiger partial charge >= 0.3 is 0 Å².